The average molecular weight is 314 g/mol. The van der Waals surface area contributed by atoms with E-state index in [9.17, 15) is 22.8 Å². The van der Waals surface area contributed by atoms with E-state index in [0.717, 1.165) is 16.9 Å². The van der Waals surface area contributed by atoms with Gasteiger partial charge in [0.25, 0.3) is 11.5 Å². The Bertz CT molecular complexity index is 746. The summed E-state index contributed by atoms with van der Waals surface area (Å²) in [6, 6.07) is 4.71. The number of aryl methyl sites for hydroxylation is 1. The Balaban J connectivity index is 2.26. The maximum absolute atomic E-state index is 12.9. The molecule has 0 bridgehead atoms. The van der Waals surface area contributed by atoms with Crippen molar-refractivity contribution in [1.29, 1.82) is 0 Å². The van der Waals surface area contributed by atoms with Crippen molar-refractivity contribution in [2.24, 2.45) is 0 Å². The molecule has 1 aromatic heterocycles. The minimum Gasteiger partial charge on any atom is -0.380 e. The Labute approximate surface area is 123 Å². The highest BCUT2D eigenvalue weighted by Gasteiger charge is 2.34. The molecule has 0 saturated carbocycles. The number of benzene rings is 1. The summed E-state index contributed by atoms with van der Waals surface area (Å²) in [5.41, 5.74) is -1.87. The Morgan fingerprint density at radius 2 is 1.95 bits per heavy atom. The molecule has 1 unspecified atom stereocenters. The molecule has 0 aliphatic carbocycles. The molecule has 0 aliphatic rings. The second-order valence-electron chi connectivity index (χ2n) is 4.72. The zero-order valence-corrected chi connectivity index (χ0v) is 11.8. The molecule has 1 heterocycles. The van der Waals surface area contributed by atoms with Crippen LogP contribution in [0.2, 0.25) is 0 Å². The Hall–Kier alpha value is -2.51. The standard InChI is InChI=1S/C14H13F3N2O3/c1-8-7-12(20)19(22-8)9(2)13(21)18-11-6-4-3-5-10(11)14(15,16)17/h3-7,9H,1-2H3,(H,18,21). The fourth-order valence-corrected chi connectivity index (χ4v) is 1.92. The third kappa shape index (κ3) is 3.21. The molecule has 0 spiro atoms. The fourth-order valence-electron chi connectivity index (χ4n) is 1.92. The number of amides is 1. The number of hydrogen-bond acceptors (Lipinski definition) is 3. The number of carbonyl (C=O) groups excluding carboxylic acids is 1. The first-order valence-electron chi connectivity index (χ1n) is 6.36. The normalized spacial score (nSPS) is 13.0. The van der Waals surface area contributed by atoms with E-state index in [1.807, 2.05) is 0 Å². The molecule has 1 N–H and O–H groups in total. The van der Waals surface area contributed by atoms with Gasteiger partial charge in [-0.05, 0) is 26.0 Å². The summed E-state index contributed by atoms with van der Waals surface area (Å²) in [5.74, 6) is -0.478. The molecule has 0 radical (unpaired) electrons. The molecule has 0 fully saturated rings. The van der Waals surface area contributed by atoms with Crippen molar-refractivity contribution in [3.63, 3.8) is 0 Å². The summed E-state index contributed by atoms with van der Waals surface area (Å²) >= 11 is 0. The summed E-state index contributed by atoms with van der Waals surface area (Å²) in [6.45, 7) is 2.89. The molecule has 0 saturated heterocycles. The highest BCUT2D eigenvalue weighted by atomic mass is 19.4. The number of para-hydroxylation sites is 1. The molecule has 2 rings (SSSR count). The second-order valence-corrected chi connectivity index (χ2v) is 4.72. The van der Waals surface area contributed by atoms with Gasteiger partial charge in [-0.1, -0.05) is 12.1 Å². The van der Waals surface area contributed by atoms with Gasteiger partial charge < -0.3 is 9.84 Å². The van der Waals surface area contributed by atoms with Crippen LogP contribution in [0.25, 0.3) is 0 Å². The van der Waals surface area contributed by atoms with E-state index in [1.165, 1.54) is 32.0 Å². The van der Waals surface area contributed by atoms with E-state index >= 15 is 0 Å². The van der Waals surface area contributed by atoms with Gasteiger partial charge in [-0.3, -0.25) is 9.59 Å². The summed E-state index contributed by atoms with van der Waals surface area (Å²) in [5, 5.41) is 2.17. The SMILES string of the molecule is Cc1cc(=O)n(C(C)C(=O)Nc2ccccc2C(F)(F)F)o1. The van der Waals surface area contributed by atoms with Crippen molar-refractivity contribution < 1.29 is 22.5 Å². The lowest BCUT2D eigenvalue weighted by Crippen LogP contribution is -2.29. The number of anilines is 1. The molecule has 1 atom stereocenters. The number of alkyl halides is 3. The fraction of sp³-hybridized carbons (Fsp3) is 0.286. The molecular weight excluding hydrogens is 301 g/mol. The highest BCUT2D eigenvalue weighted by molar-refractivity contribution is 5.94. The van der Waals surface area contributed by atoms with Crippen LogP contribution in [-0.2, 0) is 11.0 Å². The van der Waals surface area contributed by atoms with Crippen molar-refractivity contribution in [2.75, 3.05) is 5.32 Å². The first-order valence-corrected chi connectivity index (χ1v) is 6.36. The number of nitrogens with zero attached hydrogens (tertiary/aromatic N) is 1. The van der Waals surface area contributed by atoms with E-state index < -0.39 is 29.2 Å². The Morgan fingerprint density at radius 3 is 2.50 bits per heavy atom. The van der Waals surface area contributed by atoms with Crippen LogP contribution < -0.4 is 10.9 Å². The number of halogens is 3. The number of nitrogens with one attached hydrogen (secondary N) is 1. The molecular formula is C14H13F3N2O3. The zero-order valence-electron chi connectivity index (χ0n) is 11.8. The number of carbonyl (C=O) groups is 1. The van der Waals surface area contributed by atoms with Gasteiger partial charge in [0.05, 0.1) is 11.3 Å². The van der Waals surface area contributed by atoms with Crippen molar-refractivity contribution in [2.45, 2.75) is 26.1 Å². The lowest BCUT2D eigenvalue weighted by Gasteiger charge is -2.16. The van der Waals surface area contributed by atoms with Crippen LogP contribution in [0.5, 0.6) is 0 Å². The molecule has 1 amide bonds. The van der Waals surface area contributed by atoms with E-state index in [-0.39, 0.29) is 5.69 Å². The van der Waals surface area contributed by atoms with Crippen molar-refractivity contribution >= 4 is 11.6 Å². The van der Waals surface area contributed by atoms with E-state index in [0.29, 0.717) is 5.76 Å². The summed E-state index contributed by atoms with van der Waals surface area (Å²) < 4.78 is 44.5. The van der Waals surface area contributed by atoms with E-state index in [1.54, 1.807) is 0 Å². The Kier molecular flexibility index (Phi) is 4.11. The molecule has 22 heavy (non-hydrogen) atoms. The van der Waals surface area contributed by atoms with Crippen molar-refractivity contribution in [1.82, 2.24) is 4.74 Å². The van der Waals surface area contributed by atoms with Crippen molar-refractivity contribution in [3.8, 4) is 0 Å². The van der Waals surface area contributed by atoms with Gasteiger partial charge in [-0.25, -0.2) is 0 Å². The quantitative estimate of drug-likeness (QED) is 0.947. The predicted molar refractivity (Wildman–Crippen MR) is 72.5 cm³/mol. The van der Waals surface area contributed by atoms with Gasteiger partial charge in [0.15, 0.2) is 0 Å². The van der Waals surface area contributed by atoms with Gasteiger partial charge in [-0.15, -0.1) is 0 Å². The third-order valence-corrected chi connectivity index (χ3v) is 3.01. The van der Waals surface area contributed by atoms with Gasteiger partial charge in [-0.2, -0.15) is 17.9 Å². The monoisotopic (exact) mass is 314 g/mol. The van der Waals surface area contributed by atoms with Gasteiger partial charge in [0.2, 0.25) is 0 Å². The lowest BCUT2D eigenvalue weighted by atomic mass is 10.1. The first-order chi connectivity index (χ1) is 10.2. The molecule has 8 heteroatoms. The van der Waals surface area contributed by atoms with Crippen LogP contribution in [0, 0.1) is 6.92 Å². The van der Waals surface area contributed by atoms with Crippen LogP contribution >= 0.6 is 0 Å². The molecule has 2 aromatic rings. The first kappa shape index (κ1) is 15.9. The lowest BCUT2D eigenvalue weighted by molar-refractivity contribution is -0.137. The van der Waals surface area contributed by atoms with Crippen LogP contribution in [0.15, 0.2) is 39.6 Å². The summed E-state index contributed by atoms with van der Waals surface area (Å²) in [6.07, 6.45) is -4.59. The second kappa shape index (κ2) is 5.70. The minimum atomic E-state index is -4.59. The van der Waals surface area contributed by atoms with Crippen LogP contribution in [0.1, 0.15) is 24.3 Å². The Morgan fingerprint density at radius 1 is 1.32 bits per heavy atom. The minimum absolute atomic E-state index is 0.306. The average Bonchev–Trinajstić information content (AvgIpc) is 2.76. The summed E-state index contributed by atoms with van der Waals surface area (Å²) in [4.78, 5) is 23.6. The molecule has 5 nitrogen and oxygen atoms in total. The topological polar surface area (TPSA) is 64.2 Å². The third-order valence-electron chi connectivity index (χ3n) is 3.01. The van der Waals surface area contributed by atoms with Crippen LogP contribution in [0.3, 0.4) is 0 Å². The van der Waals surface area contributed by atoms with Gasteiger partial charge >= 0.3 is 6.18 Å². The smallest absolute Gasteiger partial charge is 0.380 e. The van der Waals surface area contributed by atoms with Crippen LogP contribution in [-0.4, -0.2) is 10.6 Å². The molecule has 1 aromatic carbocycles. The largest absolute Gasteiger partial charge is 0.418 e. The number of aromatic nitrogens is 1. The van der Waals surface area contributed by atoms with E-state index in [2.05, 4.69) is 5.32 Å². The summed E-state index contributed by atoms with van der Waals surface area (Å²) in [7, 11) is 0. The van der Waals surface area contributed by atoms with Crippen LogP contribution in [0.4, 0.5) is 18.9 Å². The molecule has 0 aliphatic heterocycles. The maximum atomic E-state index is 12.9. The highest BCUT2D eigenvalue weighted by Crippen LogP contribution is 2.34. The zero-order chi connectivity index (χ0) is 16.5. The van der Waals surface area contributed by atoms with E-state index in [4.69, 9.17) is 4.52 Å². The number of hydrogen-bond donors (Lipinski definition) is 1. The number of rotatable bonds is 3. The van der Waals surface area contributed by atoms with Crippen molar-refractivity contribution in [3.05, 3.63) is 52.0 Å². The van der Waals surface area contributed by atoms with Gasteiger partial charge in [0, 0.05) is 6.07 Å². The van der Waals surface area contributed by atoms with Gasteiger partial charge in [0.1, 0.15) is 11.8 Å². The predicted octanol–water partition coefficient (Wildman–Crippen LogP) is 2.97. The molecule has 118 valence electrons. The maximum Gasteiger partial charge on any atom is 0.418 e.